The molecule has 1 rings (SSSR count). The first-order valence-corrected chi connectivity index (χ1v) is 4.81. The zero-order valence-corrected chi connectivity index (χ0v) is 8.68. The van der Waals surface area contributed by atoms with Gasteiger partial charge >= 0.3 is 12.1 Å². The number of amides is 1. The molecule has 1 aliphatic rings. The average Bonchev–Trinajstić information content (AvgIpc) is 2.11. The van der Waals surface area contributed by atoms with Gasteiger partial charge in [0.1, 0.15) is 6.61 Å². The molecule has 1 fully saturated rings. The van der Waals surface area contributed by atoms with E-state index in [1.165, 1.54) is 11.0 Å². The third-order valence-corrected chi connectivity index (χ3v) is 2.59. The van der Waals surface area contributed by atoms with Crippen LogP contribution in [0.25, 0.3) is 0 Å². The molecule has 1 aliphatic heterocycles. The zero-order valence-electron chi connectivity index (χ0n) is 8.68. The van der Waals surface area contributed by atoms with E-state index in [-0.39, 0.29) is 12.5 Å². The SMILES string of the molecule is C=CCOC(=O)N1CC(C(C)C(=O)O)C1. The number of rotatable bonds is 4. The highest BCUT2D eigenvalue weighted by Gasteiger charge is 2.37. The molecule has 0 aromatic rings. The summed E-state index contributed by atoms with van der Waals surface area (Å²) >= 11 is 0. The first kappa shape index (κ1) is 11.6. The van der Waals surface area contributed by atoms with Gasteiger partial charge in [-0.05, 0) is 0 Å². The second-order valence-electron chi connectivity index (χ2n) is 3.66. The number of aliphatic carboxylic acids is 1. The Morgan fingerprint density at radius 3 is 2.73 bits per heavy atom. The van der Waals surface area contributed by atoms with Gasteiger partial charge in [0.15, 0.2) is 0 Å². The van der Waals surface area contributed by atoms with Crippen molar-refractivity contribution in [1.29, 1.82) is 0 Å². The lowest BCUT2D eigenvalue weighted by atomic mass is 9.87. The number of carboxylic acids is 1. The van der Waals surface area contributed by atoms with Crippen LogP contribution < -0.4 is 0 Å². The Labute approximate surface area is 88.3 Å². The minimum absolute atomic E-state index is 0.0405. The van der Waals surface area contributed by atoms with E-state index in [1.807, 2.05) is 0 Å². The second-order valence-corrected chi connectivity index (χ2v) is 3.66. The summed E-state index contributed by atoms with van der Waals surface area (Å²) in [5.74, 6) is -1.19. The number of carbonyl (C=O) groups excluding carboxylic acids is 1. The first-order chi connectivity index (χ1) is 7.06. The van der Waals surface area contributed by atoms with E-state index in [0.717, 1.165) is 0 Å². The number of ether oxygens (including phenoxy) is 1. The lowest BCUT2D eigenvalue weighted by molar-refractivity contribution is -0.145. The largest absolute Gasteiger partial charge is 0.481 e. The lowest BCUT2D eigenvalue weighted by Crippen LogP contribution is -2.53. The highest BCUT2D eigenvalue weighted by Crippen LogP contribution is 2.24. The fourth-order valence-electron chi connectivity index (χ4n) is 1.40. The lowest BCUT2D eigenvalue weighted by Gasteiger charge is -2.40. The highest BCUT2D eigenvalue weighted by molar-refractivity contribution is 5.72. The zero-order chi connectivity index (χ0) is 11.4. The van der Waals surface area contributed by atoms with Gasteiger partial charge in [-0.15, -0.1) is 0 Å². The van der Waals surface area contributed by atoms with Gasteiger partial charge in [-0.3, -0.25) is 4.79 Å². The van der Waals surface area contributed by atoms with Crippen molar-refractivity contribution in [3.63, 3.8) is 0 Å². The Kier molecular flexibility index (Phi) is 3.71. The summed E-state index contributed by atoms with van der Waals surface area (Å²) in [7, 11) is 0. The van der Waals surface area contributed by atoms with Crippen LogP contribution in [0.1, 0.15) is 6.92 Å². The summed E-state index contributed by atoms with van der Waals surface area (Å²) in [6.07, 6.45) is 1.10. The van der Waals surface area contributed by atoms with Gasteiger partial charge in [0.2, 0.25) is 0 Å². The van der Waals surface area contributed by atoms with Crippen molar-refractivity contribution in [2.24, 2.45) is 11.8 Å². The summed E-state index contributed by atoms with van der Waals surface area (Å²) in [6, 6.07) is 0. The maximum Gasteiger partial charge on any atom is 0.410 e. The summed E-state index contributed by atoms with van der Waals surface area (Å²) in [6.45, 7) is 6.19. The van der Waals surface area contributed by atoms with Crippen molar-refractivity contribution in [3.8, 4) is 0 Å². The van der Waals surface area contributed by atoms with Gasteiger partial charge in [-0.25, -0.2) is 4.79 Å². The van der Waals surface area contributed by atoms with Gasteiger partial charge in [0.25, 0.3) is 0 Å². The topological polar surface area (TPSA) is 66.8 Å². The molecule has 0 aromatic heterocycles. The van der Waals surface area contributed by atoms with Crippen LogP contribution in [-0.2, 0) is 9.53 Å². The molecule has 1 unspecified atom stereocenters. The minimum Gasteiger partial charge on any atom is -0.481 e. The molecule has 0 aliphatic carbocycles. The van der Waals surface area contributed by atoms with Crippen molar-refractivity contribution >= 4 is 12.1 Å². The van der Waals surface area contributed by atoms with Crippen LogP contribution in [0.5, 0.6) is 0 Å². The first-order valence-electron chi connectivity index (χ1n) is 4.81. The van der Waals surface area contributed by atoms with Gasteiger partial charge in [0.05, 0.1) is 5.92 Å². The van der Waals surface area contributed by atoms with Crippen molar-refractivity contribution in [1.82, 2.24) is 4.90 Å². The summed E-state index contributed by atoms with van der Waals surface area (Å²) < 4.78 is 4.81. The van der Waals surface area contributed by atoms with Crippen molar-refractivity contribution in [2.45, 2.75) is 6.92 Å². The van der Waals surface area contributed by atoms with Crippen LogP contribution in [0.15, 0.2) is 12.7 Å². The average molecular weight is 213 g/mol. The molecule has 84 valence electrons. The molecule has 0 bridgehead atoms. The molecule has 5 nitrogen and oxygen atoms in total. The van der Waals surface area contributed by atoms with Gasteiger partial charge < -0.3 is 14.7 Å². The maximum absolute atomic E-state index is 11.2. The number of hydrogen-bond acceptors (Lipinski definition) is 3. The monoisotopic (exact) mass is 213 g/mol. The van der Waals surface area contributed by atoms with Crippen LogP contribution in [0.4, 0.5) is 4.79 Å². The molecular formula is C10H15NO4. The summed E-state index contributed by atoms with van der Waals surface area (Å²) in [5, 5.41) is 8.74. The molecule has 5 heteroatoms. The van der Waals surface area contributed by atoms with Crippen LogP contribution in [-0.4, -0.2) is 41.8 Å². The normalized spacial score (nSPS) is 17.8. The number of hydrogen-bond donors (Lipinski definition) is 1. The third kappa shape index (κ3) is 2.71. The molecule has 1 N–H and O–H groups in total. The molecule has 0 radical (unpaired) electrons. The molecule has 1 amide bonds. The smallest absolute Gasteiger partial charge is 0.410 e. The van der Waals surface area contributed by atoms with Crippen molar-refractivity contribution in [2.75, 3.05) is 19.7 Å². The van der Waals surface area contributed by atoms with Crippen molar-refractivity contribution in [3.05, 3.63) is 12.7 Å². The summed E-state index contributed by atoms with van der Waals surface area (Å²) in [4.78, 5) is 23.4. The second kappa shape index (κ2) is 4.82. The van der Waals surface area contributed by atoms with Crippen LogP contribution in [0.3, 0.4) is 0 Å². The Morgan fingerprint density at radius 1 is 1.67 bits per heavy atom. The molecule has 1 atom stereocenters. The molecule has 1 heterocycles. The third-order valence-electron chi connectivity index (χ3n) is 2.59. The molecule has 15 heavy (non-hydrogen) atoms. The predicted molar refractivity (Wildman–Crippen MR) is 53.4 cm³/mol. The van der Waals surface area contributed by atoms with E-state index >= 15 is 0 Å². The maximum atomic E-state index is 11.2. The van der Waals surface area contributed by atoms with E-state index in [1.54, 1.807) is 6.92 Å². The number of carbonyl (C=O) groups is 2. The number of likely N-dealkylation sites (tertiary alicyclic amines) is 1. The summed E-state index contributed by atoms with van der Waals surface area (Å²) in [5.41, 5.74) is 0. The quantitative estimate of drug-likeness (QED) is 0.706. The number of carboxylic acid groups (broad SMARTS) is 1. The molecule has 0 saturated carbocycles. The molecule has 0 aromatic carbocycles. The van der Waals surface area contributed by atoms with Gasteiger partial charge in [-0.1, -0.05) is 19.6 Å². The van der Waals surface area contributed by atoms with Crippen LogP contribution in [0.2, 0.25) is 0 Å². The van der Waals surface area contributed by atoms with E-state index in [4.69, 9.17) is 9.84 Å². The molecule has 1 saturated heterocycles. The van der Waals surface area contributed by atoms with E-state index < -0.39 is 18.0 Å². The van der Waals surface area contributed by atoms with E-state index in [0.29, 0.717) is 13.1 Å². The Morgan fingerprint density at radius 2 is 2.27 bits per heavy atom. The molecule has 0 spiro atoms. The van der Waals surface area contributed by atoms with Crippen LogP contribution >= 0.6 is 0 Å². The molecular weight excluding hydrogens is 198 g/mol. The van der Waals surface area contributed by atoms with Gasteiger partial charge in [0, 0.05) is 19.0 Å². The van der Waals surface area contributed by atoms with Gasteiger partial charge in [-0.2, -0.15) is 0 Å². The van der Waals surface area contributed by atoms with E-state index in [2.05, 4.69) is 6.58 Å². The fraction of sp³-hybridized carbons (Fsp3) is 0.600. The number of nitrogens with zero attached hydrogens (tertiary/aromatic N) is 1. The standard InChI is InChI=1S/C10H15NO4/c1-3-4-15-10(14)11-5-8(6-11)7(2)9(12)13/h3,7-8H,1,4-6H2,2H3,(H,12,13). The minimum atomic E-state index is -0.820. The van der Waals surface area contributed by atoms with Crippen LogP contribution in [0, 0.1) is 11.8 Å². The van der Waals surface area contributed by atoms with Crippen molar-refractivity contribution < 1.29 is 19.4 Å². The Hall–Kier alpha value is -1.52. The Bertz CT molecular complexity index is 271. The predicted octanol–water partition coefficient (Wildman–Crippen LogP) is 0.962. The Balaban J connectivity index is 2.27. The fourth-order valence-corrected chi connectivity index (χ4v) is 1.40. The highest BCUT2D eigenvalue weighted by atomic mass is 16.6. The van der Waals surface area contributed by atoms with E-state index in [9.17, 15) is 9.59 Å².